The van der Waals surface area contributed by atoms with E-state index in [1.54, 1.807) is 6.92 Å². The van der Waals surface area contributed by atoms with Gasteiger partial charge in [-0.1, -0.05) is 11.6 Å². The largest absolute Gasteiger partial charge is 0.465 e. The number of hydrogen-bond acceptors (Lipinski definition) is 5. The highest BCUT2D eigenvalue weighted by Crippen LogP contribution is 2.25. The van der Waals surface area contributed by atoms with Crippen molar-refractivity contribution in [3.05, 3.63) is 28.8 Å². The van der Waals surface area contributed by atoms with Crippen molar-refractivity contribution in [2.24, 2.45) is 0 Å². The van der Waals surface area contributed by atoms with Gasteiger partial charge in [0.15, 0.2) is 0 Å². The average molecular weight is 317 g/mol. The van der Waals surface area contributed by atoms with E-state index in [-0.39, 0.29) is 22.1 Å². The summed E-state index contributed by atoms with van der Waals surface area (Å²) in [5.74, 6) is -0.661. The third-order valence-electron chi connectivity index (χ3n) is 2.41. The minimum Gasteiger partial charge on any atom is -0.465 e. The molecule has 0 saturated carbocycles. The van der Waals surface area contributed by atoms with Gasteiger partial charge < -0.3 is 4.74 Å². The topological polar surface area (TPSA) is 87.5 Å². The second kappa shape index (κ2) is 6.70. The fourth-order valence-corrected chi connectivity index (χ4v) is 3.02. The van der Waals surface area contributed by atoms with E-state index >= 15 is 0 Å². The molecule has 0 atom stereocenters. The first-order valence-corrected chi connectivity index (χ1v) is 7.46. The van der Waals surface area contributed by atoms with Crippen molar-refractivity contribution >= 4 is 27.6 Å². The Bertz CT molecular complexity index is 652. The zero-order valence-corrected chi connectivity index (χ0v) is 12.5. The zero-order chi connectivity index (χ0) is 15.3. The summed E-state index contributed by atoms with van der Waals surface area (Å²) in [4.78, 5) is 11.1. The van der Waals surface area contributed by atoms with Gasteiger partial charge in [-0.05, 0) is 25.1 Å². The van der Waals surface area contributed by atoms with Crippen LogP contribution in [0.2, 0.25) is 5.02 Å². The molecule has 0 fully saturated rings. The highest BCUT2D eigenvalue weighted by Gasteiger charge is 2.26. The van der Waals surface area contributed by atoms with E-state index in [1.165, 1.54) is 25.2 Å². The van der Waals surface area contributed by atoms with Gasteiger partial charge >= 0.3 is 5.97 Å². The first-order chi connectivity index (χ1) is 9.32. The second-order valence-corrected chi connectivity index (χ2v) is 6.24. The molecule has 0 aliphatic heterocycles. The molecular formula is C12H13ClN2O4S. The maximum atomic E-state index is 12.3. The van der Waals surface area contributed by atoms with E-state index < -0.39 is 22.5 Å². The van der Waals surface area contributed by atoms with Gasteiger partial charge in [-0.3, -0.25) is 4.79 Å². The molecule has 0 N–H and O–H groups in total. The van der Waals surface area contributed by atoms with Crippen molar-refractivity contribution in [1.29, 1.82) is 5.26 Å². The molecule has 1 aromatic rings. The van der Waals surface area contributed by atoms with Crippen molar-refractivity contribution in [1.82, 2.24) is 4.31 Å². The maximum Gasteiger partial charge on any atom is 0.321 e. The van der Waals surface area contributed by atoms with Gasteiger partial charge in [-0.2, -0.15) is 9.57 Å². The molecule has 6 nitrogen and oxygen atoms in total. The Morgan fingerprint density at radius 3 is 2.70 bits per heavy atom. The third-order valence-corrected chi connectivity index (χ3v) is 4.69. The Balaban J connectivity index is 3.11. The van der Waals surface area contributed by atoms with Gasteiger partial charge in [0.05, 0.1) is 23.3 Å². The number of ether oxygens (including phenoxy) is 1. The molecule has 0 aliphatic carbocycles. The van der Waals surface area contributed by atoms with Crippen LogP contribution in [0, 0.1) is 11.3 Å². The third kappa shape index (κ3) is 3.70. The van der Waals surface area contributed by atoms with Crippen LogP contribution in [0.4, 0.5) is 0 Å². The van der Waals surface area contributed by atoms with Crippen LogP contribution in [0.25, 0.3) is 0 Å². The number of nitrogens with zero attached hydrogens (tertiary/aromatic N) is 2. The molecule has 0 saturated heterocycles. The molecule has 0 spiro atoms. The fraction of sp³-hybridized carbons (Fsp3) is 0.333. The molecule has 0 aromatic heterocycles. The predicted molar refractivity (Wildman–Crippen MR) is 72.6 cm³/mol. The van der Waals surface area contributed by atoms with Gasteiger partial charge in [0.25, 0.3) is 0 Å². The number of carbonyl (C=O) groups excluding carboxylic acids is 1. The van der Waals surface area contributed by atoms with Crippen molar-refractivity contribution in [2.75, 3.05) is 20.2 Å². The van der Waals surface area contributed by atoms with Gasteiger partial charge in [0.2, 0.25) is 10.0 Å². The summed E-state index contributed by atoms with van der Waals surface area (Å²) in [5, 5.41) is 8.78. The minimum absolute atomic E-state index is 0.0142. The lowest BCUT2D eigenvalue weighted by Gasteiger charge is -2.17. The zero-order valence-electron chi connectivity index (χ0n) is 11.0. The van der Waals surface area contributed by atoms with E-state index in [4.69, 9.17) is 16.9 Å². The summed E-state index contributed by atoms with van der Waals surface area (Å²) in [7, 11) is -2.73. The standard InChI is InChI=1S/C12H13ClN2O4S/c1-3-19-12(16)8-15(2)20(17,18)11-6-9(7-14)4-5-10(11)13/h4-6H,3,8H2,1-2H3. The molecule has 1 aromatic carbocycles. The van der Waals surface area contributed by atoms with Crippen LogP contribution in [0.1, 0.15) is 12.5 Å². The Morgan fingerprint density at radius 1 is 1.50 bits per heavy atom. The summed E-state index contributed by atoms with van der Waals surface area (Å²) >= 11 is 5.85. The Morgan fingerprint density at radius 2 is 2.15 bits per heavy atom. The molecule has 8 heteroatoms. The monoisotopic (exact) mass is 316 g/mol. The van der Waals surface area contributed by atoms with Crippen molar-refractivity contribution < 1.29 is 17.9 Å². The molecule has 0 heterocycles. The minimum atomic E-state index is -3.97. The Labute approximate surface area is 122 Å². The highest BCUT2D eigenvalue weighted by molar-refractivity contribution is 7.89. The van der Waals surface area contributed by atoms with Crippen LogP contribution in [-0.2, 0) is 19.6 Å². The number of halogens is 1. The lowest BCUT2D eigenvalue weighted by molar-refractivity contribution is -0.143. The molecular weight excluding hydrogens is 304 g/mol. The van der Waals surface area contributed by atoms with Crippen LogP contribution in [0.5, 0.6) is 0 Å². The molecule has 1 rings (SSSR count). The number of nitriles is 1. The van der Waals surface area contributed by atoms with Gasteiger partial charge in [-0.15, -0.1) is 0 Å². The maximum absolute atomic E-state index is 12.3. The quantitative estimate of drug-likeness (QED) is 0.766. The van der Waals surface area contributed by atoms with E-state index in [1.807, 2.05) is 6.07 Å². The first kappa shape index (κ1) is 16.4. The van der Waals surface area contributed by atoms with Crippen LogP contribution in [0.3, 0.4) is 0 Å². The molecule has 0 radical (unpaired) electrons. The molecule has 108 valence electrons. The number of esters is 1. The molecule has 0 unspecified atom stereocenters. The SMILES string of the molecule is CCOC(=O)CN(C)S(=O)(=O)c1cc(C#N)ccc1Cl. The molecule has 0 amide bonds. The smallest absolute Gasteiger partial charge is 0.321 e. The Kier molecular flexibility index (Phi) is 5.51. The summed E-state index contributed by atoms with van der Waals surface area (Å²) in [6.07, 6.45) is 0. The van der Waals surface area contributed by atoms with Crippen LogP contribution >= 0.6 is 11.6 Å². The van der Waals surface area contributed by atoms with E-state index in [9.17, 15) is 13.2 Å². The Hall–Kier alpha value is -1.62. The van der Waals surface area contributed by atoms with Gasteiger partial charge in [0, 0.05) is 7.05 Å². The van der Waals surface area contributed by atoms with Crippen molar-refractivity contribution in [2.45, 2.75) is 11.8 Å². The van der Waals surface area contributed by atoms with Crippen molar-refractivity contribution in [3.8, 4) is 6.07 Å². The molecule has 0 aliphatic rings. The van der Waals surface area contributed by atoms with E-state index in [0.29, 0.717) is 0 Å². The van der Waals surface area contributed by atoms with Crippen LogP contribution < -0.4 is 0 Å². The number of sulfonamides is 1. The summed E-state index contributed by atoms with van der Waals surface area (Å²) in [5.41, 5.74) is 0.164. The lowest BCUT2D eigenvalue weighted by atomic mass is 10.2. The second-order valence-electron chi connectivity index (χ2n) is 3.82. The normalized spacial score (nSPS) is 11.2. The van der Waals surface area contributed by atoms with Crippen LogP contribution in [-0.4, -0.2) is 38.9 Å². The predicted octanol–water partition coefficient (Wildman–Crippen LogP) is 1.40. The number of likely N-dealkylation sites (N-methyl/N-ethyl adjacent to an activating group) is 1. The summed E-state index contributed by atoms with van der Waals surface area (Å²) < 4.78 is 30.1. The summed E-state index contributed by atoms with van der Waals surface area (Å²) in [6.45, 7) is 1.36. The van der Waals surface area contributed by atoms with Crippen molar-refractivity contribution in [3.63, 3.8) is 0 Å². The molecule has 20 heavy (non-hydrogen) atoms. The number of carbonyl (C=O) groups is 1. The average Bonchev–Trinajstić information content (AvgIpc) is 2.39. The number of benzene rings is 1. The van der Waals surface area contributed by atoms with E-state index in [0.717, 1.165) is 4.31 Å². The van der Waals surface area contributed by atoms with Crippen LogP contribution in [0.15, 0.2) is 23.1 Å². The fourth-order valence-electron chi connectivity index (χ4n) is 1.41. The first-order valence-electron chi connectivity index (χ1n) is 5.64. The number of hydrogen-bond donors (Lipinski definition) is 0. The number of rotatable bonds is 5. The molecule has 0 bridgehead atoms. The highest BCUT2D eigenvalue weighted by atomic mass is 35.5. The van der Waals surface area contributed by atoms with Gasteiger partial charge in [0.1, 0.15) is 11.4 Å². The summed E-state index contributed by atoms with van der Waals surface area (Å²) in [6, 6.07) is 5.73. The lowest BCUT2D eigenvalue weighted by Crippen LogP contribution is -2.33. The van der Waals surface area contributed by atoms with E-state index in [2.05, 4.69) is 4.74 Å². The van der Waals surface area contributed by atoms with Gasteiger partial charge in [-0.25, -0.2) is 8.42 Å².